The van der Waals surface area contributed by atoms with E-state index in [-0.39, 0.29) is 11.6 Å². The minimum Gasteiger partial charge on any atom is -0.369 e. The first-order chi connectivity index (χ1) is 13.0. The van der Waals surface area contributed by atoms with Gasteiger partial charge in [0.15, 0.2) is 0 Å². The topological polar surface area (TPSA) is 52.2 Å². The number of anilines is 1. The van der Waals surface area contributed by atoms with Crippen molar-refractivity contribution >= 4 is 28.2 Å². The molecule has 0 aliphatic carbocycles. The summed E-state index contributed by atoms with van der Waals surface area (Å²) in [5.74, 6) is 0.728. The van der Waals surface area contributed by atoms with Crippen LogP contribution in [0, 0.1) is 6.92 Å². The molecule has 1 fully saturated rings. The number of nitrogens with one attached hydrogen (secondary N) is 1. The number of H-pyrrole nitrogens is 1. The zero-order valence-electron chi connectivity index (χ0n) is 15.6. The Kier molecular flexibility index (Phi) is 4.89. The molecule has 3 aromatic rings. The molecule has 0 spiro atoms. The number of nitrogens with zero attached hydrogens (tertiary/aromatic N) is 3. The molecule has 0 bridgehead atoms. The number of hydrogen-bond acceptors (Lipinski definition) is 4. The number of hydrogen-bond donors (Lipinski definition) is 1. The van der Waals surface area contributed by atoms with Crippen LogP contribution in [0.4, 0.5) is 5.69 Å². The Morgan fingerprint density at radius 2 is 1.85 bits per heavy atom. The number of piperazine rings is 1. The van der Waals surface area contributed by atoms with Gasteiger partial charge in [-0.15, -0.1) is 0 Å². The number of rotatable bonds is 3. The van der Waals surface area contributed by atoms with Crippen LogP contribution in [0.25, 0.3) is 10.9 Å². The molecule has 5 nitrogen and oxygen atoms in total. The van der Waals surface area contributed by atoms with Crippen molar-refractivity contribution in [2.45, 2.75) is 19.9 Å². The van der Waals surface area contributed by atoms with Crippen molar-refractivity contribution in [3.63, 3.8) is 0 Å². The van der Waals surface area contributed by atoms with Crippen LogP contribution < -0.4 is 10.5 Å². The highest BCUT2D eigenvalue weighted by Gasteiger charge is 2.24. The highest BCUT2D eigenvalue weighted by atomic mass is 35.5. The van der Waals surface area contributed by atoms with E-state index in [0.717, 1.165) is 42.5 Å². The van der Waals surface area contributed by atoms with E-state index in [0.29, 0.717) is 5.39 Å². The summed E-state index contributed by atoms with van der Waals surface area (Å²) < 4.78 is 0. The average molecular weight is 383 g/mol. The van der Waals surface area contributed by atoms with E-state index in [9.17, 15) is 4.79 Å². The molecule has 1 N–H and O–H groups in total. The van der Waals surface area contributed by atoms with Gasteiger partial charge >= 0.3 is 0 Å². The van der Waals surface area contributed by atoms with Gasteiger partial charge in [0, 0.05) is 36.9 Å². The fourth-order valence-electron chi connectivity index (χ4n) is 3.75. The van der Waals surface area contributed by atoms with Gasteiger partial charge in [0.1, 0.15) is 5.82 Å². The molecule has 1 saturated heterocycles. The van der Waals surface area contributed by atoms with Gasteiger partial charge in [-0.25, -0.2) is 4.98 Å². The fraction of sp³-hybridized carbons (Fsp3) is 0.333. The summed E-state index contributed by atoms with van der Waals surface area (Å²) in [6, 6.07) is 13.6. The van der Waals surface area contributed by atoms with Crippen molar-refractivity contribution in [3.8, 4) is 0 Å². The van der Waals surface area contributed by atoms with Crippen molar-refractivity contribution in [2.75, 3.05) is 31.1 Å². The number of aromatic nitrogens is 2. The van der Waals surface area contributed by atoms with Gasteiger partial charge in [-0.2, -0.15) is 0 Å². The fourth-order valence-corrected chi connectivity index (χ4v) is 3.92. The Balaban J connectivity index is 1.51. The van der Waals surface area contributed by atoms with Crippen molar-refractivity contribution in [1.82, 2.24) is 14.9 Å². The molecular formula is C21H23ClN4O. The van der Waals surface area contributed by atoms with E-state index in [1.165, 1.54) is 11.3 Å². The largest absolute Gasteiger partial charge is 0.369 e. The smallest absolute Gasteiger partial charge is 0.258 e. The highest BCUT2D eigenvalue weighted by molar-refractivity contribution is 6.30. The predicted octanol–water partition coefficient (Wildman–Crippen LogP) is 3.77. The minimum atomic E-state index is -0.0735. The Morgan fingerprint density at radius 3 is 2.63 bits per heavy atom. The summed E-state index contributed by atoms with van der Waals surface area (Å²) in [6.07, 6.45) is 0. The van der Waals surface area contributed by atoms with E-state index < -0.39 is 0 Å². The summed E-state index contributed by atoms with van der Waals surface area (Å²) in [7, 11) is 0. The first-order valence-electron chi connectivity index (χ1n) is 9.27. The van der Waals surface area contributed by atoms with E-state index >= 15 is 0 Å². The second-order valence-electron chi connectivity index (χ2n) is 7.10. The maximum absolute atomic E-state index is 12.4. The standard InChI is InChI=1S/C21H23ClN4O/c1-14-7-8-16(22)13-19(14)26-11-9-25(10-12-26)15(2)20-23-18-6-4-3-5-17(18)21(27)24-20/h3-8,13,15H,9-12H2,1-2H3,(H,23,24,27)/t15-/m1/s1. The van der Waals surface area contributed by atoms with E-state index in [4.69, 9.17) is 11.6 Å². The number of aromatic amines is 1. The third kappa shape index (κ3) is 3.57. The molecule has 4 rings (SSSR count). The first-order valence-corrected chi connectivity index (χ1v) is 9.65. The molecule has 1 atom stereocenters. The van der Waals surface area contributed by atoms with E-state index in [2.05, 4.69) is 39.7 Å². The lowest BCUT2D eigenvalue weighted by Crippen LogP contribution is -2.47. The van der Waals surface area contributed by atoms with E-state index in [1.807, 2.05) is 36.4 Å². The van der Waals surface area contributed by atoms with Crippen LogP contribution in [-0.4, -0.2) is 41.0 Å². The summed E-state index contributed by atoms with van der Waals surface area (Å²) >= 11 is 6.18. The molecule has 1 aromatic heterocycles. The van der Waals surface area contributed by atoms with Crippen LogP contribution in [0.5, 0.6) is 0 Å². The Hall–Kier alpha value is -2.37. The SMILES string of the molecule is Cc1ccc(Cl)cc1N1CCN([C@H](C)c2nc3ccccc3c(=O)[nH]2)CC1. The van der Waals surface area contributed by atoms with Crippen LogP contribution >= 0.6 is 11.6 Å². The second-order valence-corrected chi connectivity index (χ2v) is 7.53. The molecule has 0 unspecified atom stereocenters. The Morgan fingerprint density at radius 1 is 1.11 bits per heavy atom. The Bertz CT molecular complexity index is 1020. The van der Waals surface area contributed by atoms with Gasteiger partial charge in [-0.05, 0) is 43.7 Å². The zero-order chi connectivity index (χ0) is 19.0. The number of benzene rings is 2. The normalized spacial score (nSPS) is 16.6. The number of fused-ring (bicyclic) bond motifs is 1. The maximum Gasteiger partial charge on any atom is 0.258 e. The van der Waals surface area contributed by atoms with Gasteiger partial charge < -0.3 is 9.88 Å². The summed E-state index contributed by atoms with van der Waals surface area (Å²) in [5, 5.41) is 1.40. The molecule has 0 saturated carbocycles. The van der Waals surface area contributed by atoms with Crippen LogP contribution in [0.15, 0.2) is 47.3 Å². The van der Waals surface area contributed by atoms with Crippen LogP contribution in [0.3, 0.4) is 0 Å². The van der Waals surface area contributed by atoms with Crippen LogP contribution in [0.1, 0.15) is 24.4 Å². The van der Waals surface area contributed by atoms with Crippen LogP contribution in [0.2, 0.25) is 5.02 Å². The lowest BCUT2D eigenvalue weighted by molar-refractivity contribution is 0.191. The third-order valence-corrected chi connectivity index (χ3v) is 5.64. The van der Waals surface area contributed by atoms with Crippen LogP contribution in [-0.2, 0) is 0 Å². The van der Waals surface area contributed by atoms with Gasteiger partial charge in [-0.3, -0.25) is 9.69 Å². The molecule has 1 aliphatic heterocycles. The number of halogens is 1. The van der Waals surface area contributed by atoms with Crippen molar-refractivity contribution in [1.29, 1.82) is 0 Å². The highest BCUT2D eigenvalue weighted by Crippen LogP contribution is 2.27. The molecule has 0 amide bonds. The van der Waals surface area contributed by atoms with Gasteiger partial charge in [0.25, 0.3) is 5.56 Å². The molecule has 6 heteroatoms. The molecule has 0 radical (unpaired) electrons. The average Bonchev–Trinajstić information content (AvgIpc) is 2.69. The van der Waals surface area contributed by atoms with E-state index in [1.54, 1.807) is 0 Å². The van der Waals surface area contributed by atoms with Gasteiger partial charge in [-0.1, -0.05) is 29.8 Å². The maximum atomic E-state index is 12.4. The molecule has 2 heterocycles. The minimum absolute atomic E-state index is 0.0601. The summed E-state index contributed by atoms with van der Waals surface area (Å²) in [4.78, 5) is 24.8. The lowest BCUT2D eigenvalue weighted by atomic mass is 10.1. The zero-order valence-corrected chi connectivity index (χ0v) is 16.3. The van der Waals surface area contributed by atoms with Crippen molar-refractivity contribution < 1.29 is 0 Å². The van der Waals surface area contributed by atoms with Crippen molar-refractivity contribution in [2.24, 2.45) is 0 Å². The van der Waals surface area contributed by atoms with Gasteiger partial charge in [0.05, 0.1) is 16.9 Å². The monoisotopic (exact) mass is 382 g/mol. The van der Waals surface area contributed by atoms with Gasteiger partial charge in [0.2, 0.25) is 0 Å². The first kappa shape index (κ1) is 18.0. The predicted molar refractivity (Wildman–Crippen MR) is 111 cm³/mol. The number of para-hydroxylation sites is 1. The third-order valence-electron chi connectivity index (χ3n) is 5.40. The Labute approximate surface area is 163 Å². The molecule has 1 aliphatic rings. The molecule has 2 aromatic carbocycles. The molecule has 140 valence electrons. The number of aryl methyl sites for hydroxylation is 1. The lowest BCUT2D eigenvalue weighted by Gasteiger charge is -2.39. The molecular weight excluding hydrogens is 360 g/mol. The second kappa shape index (κ2) is 7.33. The molecule has 27 heavy (non-hydrogen) atoms. The van der Waals surface area contributed by atoms with Crippen molar-refractivity contribution in [3.05, 3.63) is 69.2 Å². The summed E-state index contributed by atoms with van der Waals surface area (Å²) in [5.41, 5.74) is 3.11. The quantitative estimate of drug-likeness (QED) is 0.749. The summed E-state index contributed by atoms with van der Waals surface area (Å²) in [6.45, 7) is 7.87.